The van der Waals surface area contributed by atoms with E-state index >= 15 is 0 Å². The van der Waals surface area contributed by atoms with Gasteiger partial charge in [-0.25, -0.2) is 0 Å². The third-order valence-electron chi connectivity index (χ3n) is 3.43. The number of nitrogens with two attached hydrogens (primary N) is 1. The predicted molar refractivity (Wildman–Crippen MR) is 69.3 cm³/mol. The number of rotatable bonds is 6. The Labute approximate surface area is 98.2 Å². The summed E-state index contributed by atoms with van der Waals surface area (Å²) < 4.78 is 0. The Bertz CT molecular complexity index is 331. The number of hydrogen-bond donors (Lipinski definition) is 2. The van der Waals surface area contributed by atoms with Crippen molar-refractivity contribution in [2.75, 3.05) is 18.8 Å². The van der Waals surface area contributed by atoms with Gasteiger partial charge in [0, 0.05) is 5.69 Å². The minimum absolute atomic E-state index is 0.848. The Morgan fingerprint density at radius 2 is 2.25 bits per heavy atom. The summed E-state index contributed by atoms with van der Waals surface area (Å²) in [5.74, 6) is 1.85. The molecule has 2 nitrogen and oxygen atoms in total. The van der Waals surface area contributed by atoms with Crippen molar-refractivity contribution in [2.24, 2.45) is 11.8 Å². The first-order valence-corrected chi connectivity index (χ1v) is 6.31. The summed E-state index contributed by atoms with van der Waals surface area (Å²) in [6.07, 6.45) is 3.96. The Morgan fingerprint density at radius 1 is 1.44 bits per heavy atom. The van der Waals surface area contributed by atoms with Crippen LogP contribution in [0.2, 0.25) is 0 Å². The van der Waals surface area contributed by atoms with Gasteiger partial charge in [0.15, 0.2) is 0 Å². The lowest BCUT2D eigenvalue weighted by atomic mass is 10.1. The van der Waals surface area contributed by atoms with E-state index < -0.39 is 0 Å². The molecule has 0 spiro atoms. The van der Waals surface area contributed by atoms with E-state index in [0.29, 0.717) is 0 Å². The molecule has 1 aliphatic carbocycles. The Morgan fingerprint density at radius 3 is 2.94 bits per heavy atom. The smallest absolute Gasteiger partial charge is 0.0316 e. The van der Waals surface area contributed by atoms with Crippen LogP contribution in [-0.2, 0) is 6.42 Å². The highest BCUT2D eigenvalue weighted by atomic mass is 14.9. The van der Waals surface area contributed by atoms with Crippen LogP contribution < -0.4 is 11.1 Å². The van der Waals surface area contributed by atoms with Crippen LogP contribution in [0.4, 0.5) is 5.69 Å². The number of benzene rings is 1. The maximum Gasteiger partial charge on any atom is 0.0316 e. The van der Waals surface area contributed by atoms with Gasteiger partial charge in [0.25, 0.3) is 0 Å². The largest absolute Gasteiger partial charge is 0.399 e. The summed E-state index contributed by atoms with van der Waals surface area (Å²) >= 11 is 0. The molecule has 0 radical (unpaired) electrons. The lowest BCUT2D eigenvalue weighted by Crippen LogP contribution is -2.24. The van der Waals surface area contributed by atoms with Crippen molar-refractivity contribution in [3.8, 4) is 0 Å². The highest BCUT2D eigenvalue weighted by Crippen LogP contribution is 2.35. The van der Waals surface area contributed by atoms with Gasteiger partial charge in [-0.15, -0.1) is 0 Å². The lowest BCUT2D eigenvalue weighted by Gasteiger charge is -2.11. The van der Waals surface area contributed by atoms with Gasteiger partial charge in [-0.2, -0.15) is 0 Å². The molecule has 3 N–H and O–H groups in total. The zero-order valence-corrected chi connectivity index (χ0v) is 10.1. The molecule has 0 amide bonds. The minimum Gasteiger partial charge on any atom is -0.399 e. The number of nitrogen functional groups attached to an aromatic ring is 1. The topological polar surface area (TPSA) is 38.0 Å². The monoisotopic (exact) mass is 218 g/mol. The number of hydrogen-bond acceptors (Lipinski definition) is 2. The highest BCUT2D eigenvalue weighted by molar-refractivity contribution is 5.40. The second kappa shape index (κ2) is 5.35. The van der Waals surface area contributed by atoms with Gasteiger partial charge in [0.2, 0.25) is 0 Å². The summed E-state index contributed by atoms with van der Waals surface area (Å²) in [4.78, 5) is 0. The molecule has 1 saturated carbocycles. The van der Waals surface area contributed by atoms with Crippen LogP contribution in [0.1, 0.15) is 25.3 Å². The first kappa shape index (κ1) is 11.5. The van der Waals surface area contributed by atoms with E-state index in [0.717, 1.165) is 37.0 Å². The SMILES string of the molecule is CC(CNCCc1cccc(N)c1)C1CC1. The van der Waals surface area contributed by atoms with Crippen molar-refractivity contribution in [3.63, 3.8) is 0 Å². The summed E-state index contributed by atoms with van der Waals surface area (Å²) in [5.41, 5.74) is 7.93. The molecule has 2 rings (SSSR count). The van der Waals surface area contributed by atoms with Crippen molar-refractivity contribution < 1.29 is 0 Å². The number of nitrogens with one attached hydrogen (secondary N) is 1. The zero-order valence-electron chi connectivity index (χ0n) is 10.1. The van der Waals surface area contributed by atoms with Gasteiger partial charge in [-0.1, -0.05) is 19.1 Å². The summed E-state index contributed by atoms with van der Waals surface area (Å²) in [5, 5.41) is 3.53. The molecule has 1 atom stereocenters. The molecule has 1 fully saturated rings. The van der Waals surface area contributed by atoms with Gasteiger partial charge >= 0.3 is 0 Å². The van der Waals surface area contributed by atoms with Crippen molar-refractivity contribution in [1.82, 2.24) is 5.32 Å². The zero-order chi connectivity index (χ0) is 11.4. The van der Waals surface area contributed by atoms with E-state index in [4.69, 9.17) is 5.73 Å². The molecule has 1 aromatic rings. The fourth-order valence-electron chi connectivity index (χ4n) is 2.14. The molecular formula is C14H22N2. The fraction of sp³-hybridized carbons (Fsp3) is 0.571. The number of anilines is 1. The molecule has 0 heterocycles. The molecule has 0 aromatic heterocycles. The summed E-state index contributed by atoms with van der Waals surface area (Å²) in [6, 6.07) is 8.16. The van der Waals surface area contributed by atoms with Crippen LogP contribution in [0.3, 0.4) is 0 Å². The summed E-state index contributed by atoms with van der Waals surface area (Å²) in [6.45, 7) is 4.57. The molecule has 0 aliphatic heterocycles. The maximum absolute atomic E-state index is 5.74. The van der Waals surface area contributed by atoms with Crippen molar-refractivity contribution in [2.45, 2.75) is 26.2 Å². The van der Waals surface area contributed by atoms with Crippen LogP contribution in [-0.4, -0.2) is 13.1 Å². The molecular weight excluding hydrogens is 196 g/mol. The quantitative estimate of drug-likeness (QED) is 0.568. The molecule has 2 heteroatoms. The highest BCUT2D eigenvalue weighted by Gasteiger charge is 2.27. The van der Waals surface area contributed by atoms with Crippen LogP contribution in [0, 0.1) is 11.8 Å². The molecule has 88 valence electrons. The van der Waals surface area contributed by atoms with Crippen LogP contribution in [0.5, 0.6) is 0 Å². The van der Waals surface area contributed by atoms with Crippen molar-refractivity contribution in [3.05, 3.63) is 29.8 Å². The molecule has 1 unspecified atom stereocenters. The maximum atomic E-state index is 5.74. The predicted octanol–water partition coefficient (Wildman–Crippen LogP) is 2.45. The molecule has 0 saturated heterocycles. The second-order valence-electron chi connectivity index (χ2n) is 5.01. The molecule has 1 aromatic carbocycles. The van der Waals surface area contributed by atoms with Gasteiger partial charge in [-0.05, 0) is 61.9 Å². The van der Waals surface area contributed by atoms with Crippen LogP contribution in [0.25, 0.3) is 0 Å². The first-order chi connectivity index (χ1) is 7.75. The molecule has 0 bridgehead atoms. The Kier molecular flexibility index (Phi) is 3.83. The van der Waals surface area contributed by atoms with E-state index in [1.807, 2.05) is 12.1 Å². The van der Waals surface area contributed by atoms with Gasteiger partial charge in [-0.3, -0.25) is 0 Å². The van der Waals surface area contributed by atoms with E-state index in [-0.39, 0.29) is 0 Å². The lowest BCUT2D eigenvalue weighted by molar-refractivity contribution is 0.464. The van der Waals surface area contributed by atoms with E-state index in [1.165, 1.54) is 18.4 Å². The molecule has 16 heavy (non-hydrogen) atoms. The minimum atomic E-state index is 0.848. The van der Waals surface area contributed by atoms with E-state index in [9.17, 15) is 0 Å². The normalized spacial score (nSPS) is 17.3. The third kappa shape index (κ3) is 3.53. The van der Waals surface area contributed by atoms with Crippen molar-refractivity contribution >= 4 is 5.69 Å². The van der Waals surface area contributed by atoms with E-state index in [1.54, 1.807) is 0 Å². The average Bonchev–Trinajstić information content (AvgIpc) is 3.08. The summed E-state index contributed by atoms with van der Waals surface area (Å²) in [7, 11) is 0. The van der Waals surface area contributed by atoms with Crippen LogP contribution in [0.15, 0.2) is 24.3 Å². The van der Waals surface area contributed by atoms with Gasteiger partial charge < -0.3 is 11.1 Å². The fourth-order valence-corrected chi connectivity index (χ4v) is 2.14. The second-order valence-corrected chi connectivity index (χ2v) is 5.01. The Balaban J connectivity index is 1.63. The molecule has 1 aliphatic rings. The van der Waals surface area contributed by atoms with Gasteiger partial charge in [0.1, 0.15) is 0 Å². The average molecular weight is 218 g/mol. The first-order valence-electron chi connectivity index (χ1n) is 6.31. The van der Waals surface area contributed by atoms with E-state index in [2.05, 4.69) is 24.4 Å². The standard InChI is InChI=1S/C14H22N2/c1-11(13-5-6-13)10-16-8-7-12-3-2-4-14(15)9-12/h2-4,9,11,13,16H,5-8,10,15H2,1H3. The van der Waals surface area contributed by atoms with Crippen molar-refractivity contribution in [1.29, 1.82) is 0 Å². The Hall–Kier alpha value is -1.02. The van der Waals surface area contributed by atoms with Gasteiger partial charge in [0.05, 0.1) is 0 Å². The third-order valence-corrected chi connectivity index (χ3v) is 3.43. The van der Waals surface area contributed by atoms with Crippen LogP contribution >= 0.6 is 0 Å².